The summed E-state index contributed by atoms with van der Waals surface area (Å²) >= 11 is 0. The summed E-state index contributed by atoms with van der Waals surface area (Å²) in [5.41, 5.74) is 0. The van der Waals surface area contributed by atoms with E-state index in [9.17, 15) is 4.79 Å². The van der Waals surface area contributed by atoms with Gasteiger partial charge in [0.1, 0.15) is 0 Å². The molecular formula is C11H16N2O2. The van der Waals surface area contributed by atoms with Gasteiger partial charge in [-0.3, -0.25) is 9.69 Å². The molecule has 2 fully saturated rings. The molecule has 0 spiro atoms. The fourth-order valence-electron chi connectivity index (χ4n) is 3.15. The van der Waals surface area contributed by atoms with Crippen molar-refractivity contribution in [3.8, 4) is 6.07 Å². The van der Waals surface area contributed by atoms with Crippen LogP contribution < -0.4 is 0 Å². The van der Waals surface area contributed by atoms with Crippen LogP contribution in [0.15, 0.2) is 0 Å². The highest BCUT2D eigenvalue weighted by Crippen LogP contribution is 2.43. The zero-order chi connectivity index (χ0) is 11.0. The Bertz CT molecular complexity index is 310. The van der Waals surface area contributed by atoms with E-state index in [0.29, 0.717) is 6.04 Å². The lowest BCUT2D eigenvalue weighted by molar-refractivity contribution is -0.142. The summed E-state index contributed by atoms with van der Waals surface area (Å²) in [4.78, 5) is 13.2. The van der Waals surface area contributed by atoms with Crippen LogP contribution in [0.4, 0.5) is 0 Å². The summed E-state index contributed by atoms with van der Waals surface area (Å²) < 4.78 is 0. The molecule has 4 atom stereocenters. The highest BCUT2D eigenvalue weighted by atomic mass is 16.4. The van der Waals surface area contributed by atoms with E-state index in [1.165, 1.54) is 0 Å². The molecule has 1 N–H and O–H groups in total. The summed E-state index contributed by atoms with van der Waals surface area (Å²) in [6.07, 6.45) is 3.53. The van der Waals surface area contributed by atoms with Crippen molar-refractivity contribution in [2.24, 2.45) is 5.92 Å². The standard InChI is InChI=1S/C11H16N2O2/c1-2-7(6-12)13-8-3-4-10(13)9(5-8)11(14)15/h7-10H,2-5H2,1H3,(H,14,15). The molecule has 4 heteroatoms. The quantitative estimate of drug-likeness (QED) is 0.757. The fourth-order valence-corrected chi connectivity index (χ4v) is 3.15. The Morgan fingerprint density at radius 1 is 1.67 bits per heavy atom. The smallest absolute Gasteiger partial charge is 0.308 e. The minimum Gasteiger partial charge on any atom is -0.481 e. The molecule has 2 aliphatic heterocycles. The number of nitriles is 1. The predicted molar refractivity (Wildman–Crippen MR) is 54.1 cm³/mol. The van der Waals surface area contributed by atoms with E-state index in [0.717, 1.165) is 25.7 Å². The number of aliphatic carboxylic acids is 1. The van der Waals surface area contributed by atoms with Gasteiger partial charge in [0, 0.05) is 12.1 Å². The van der Waals surface area contributed by atoms with Crippen molar-refractivity contribution in [1.29, 1.82) is 5.26 Å². The highest BCUT2D eigenvalue weighted by Gasteiger charge is 2.51. The van der Waals surface area contributed by atoms with Gasteiger partial charge in [0.05, 0.1) is 18.0 Å². The Balaban J connectivity index is 2.16. The van der Waals surface area contributed by atoms with Gasteiger partial charge in [-0.25, -0.2) is 0 Å². The van der Waals surface area contributed by atoms with Crippen LogP contribution in [0.2, 0.25) is 0 Å². The second-order valence-electron chi connectivity index (χ2n) is 4.48. The number of nitrogens with zero attached hydrogens (tertiary/aromatic N) is 2. The predicted octanol–water partition coefficient (Wildman–Crippen LogP) is 1.23. The van der Waals surface area contributed by atoms with Gasteiger partial charge < -0.3 is 5.11 Å². The van der Waals surface area contributed by atoms with Crippen molar-refractivity contribution in [3.63, 3.8) is 0 Å². The van der Waals surface area contributed by atoms with Gasteiger partial charge in [0.2, 0.25) is 0 Å². The second-order valence-corrected chi connectivity index (χ2v) is 4.48. The summed E-state index contributed by atoms with van der Waals surface area (Å²) in [5, 5.41) is 18.1. The number of fused-ring (bicyclic) bond motifs is 2. The average molecular weight is 208 g/mol. The van der Waals surface area contributed by atoms with E-state index in [4.69, 9.17) is 10.4 Å². The molecule has 2 bridgehead atoms. The van der Waals surface area contributed by atoms with Crippen molar-refractivity contribution in [1.82, 2.24) is 4.90 Å². The third kappa shape index (κ3) is 1.51. The Morgan fingerprint density at radius 3 is 2.87 bits per heavy atom. The molecule has 82 valence electrons. The van der Waals surface area contributed by atoms with E-state index >= 15 is 0 Å². The molecule has 2 heterocycles. The van der Waals surface area contributed by atoms with Crippen LogP contribution in [0.25, 0.3) is 0 Å². The molecule has 0 aliphatic carbocycles. The van der Waals surface area contributed by atoms with E-state index < -0.39 is 5.97 Å². The first-order valence-corrected chi connectivity index (χ1v) is 5.58. The maximum atomic E-state index is 11.0. The largest absolute Gasteiger partial charge is 0.481 e. The molecule has 0 aromatic rings. The Labute approximate surface area is 89.5 Å². The van der Waals surface area contributed by atoms with Gasteiger partial charge in [-0.05, 0) is 25.7 Å². The lowest BCUT2D eigenvalue weighted by atomic mass is 9.89. The van der Waals surface area contributed by atoms with Crippen LogP contribution in [0.3, 0.4) is 0 Å². The van der Waals surface area contributed by atoms with E-state index in [-0.39, 0.29) is 18.0 Å². The average Bonchev–Trinajstić information content (AvgIpc) is 2.78. The third-order valence-corrected chi connectivity index (χ3v) is 3.80. The van der Waals surface area contributed by atoms with Crippen molar-refractivity contribution in [2.45, 2.75) is 50.7 Å². The molecule has 0 aromatic heterocycles. The lowest BCUT2D eigenvalue weighted by Crippen LogP contribution is -2.39. The monoisotopic (exact) mass is 208 g/mol. The number of carbonyl (C=O) groups is 1. The summed E-state index contributed by atoms with van der Waals surface area (Å²) in [7, 11) is 0. The molecular weight excluding hydrogens is 192 g/mol. The van der Waals surface area contributed by atoms with Crippen LogP contribution in [0, 0.1) is 17.2 Å². The second kappa shape index (κ2) is 3.82. The van der Waals surface area contributed by atoms with Gasteiger partial charge >= 0.3 is 5.97 Å². The van der Waals surface area contributed by atoms with Crippen molar-refractivity contribution < 1.29 is 9.90 Å². The molecule has 4 unspecified atom stereocenters. The maximum Gasteiger partial charge on any atom is 0.308 e. The molecule has 0 aromatic carbocycles. The summed E-state index contributed by atoms with van der Waals surface area (Å²) in [6, 6.07) is 2.64. The van der Waals surface area contributed by atoms with Crippen molar-refractivity contribution >= 4 is 5.97 Å². The summed E-state index contributed by atoms with van der Waals surface area (Å²) in [5.74, 6) is -0.939. The Kier molecular flexibility index (Phi) is 2.66. The number of rotatable bonds is 3. The van der Waals surface area contributed by atoms with E-state index in [1.807, 2.05) is 6.92 Å². The van der Waals surface area contributed by atoms with Crippen LogP contribution in [0.1, 0.15) is 32.6 Å². The van der Waals surface area contributed by atoms with Gasteiger partial charge in [-0.15, -0.1) is 0 Å². The number of hydrogen-bond donors (Lipinski definition) is 1. The maximum absolute atomic E-state index is 11.0. The van der Waals surface area contributed by atoms with Crippen LogP contribution in [0.5, 0.6) is 0 Å². The first-order valence-electron chi connectivity index (χ1n) is 5.58. The summed E-state index contributed by atoms with van der Waals surface area (Å²) in [6.45, 7) is 1.99. The molecule has 2 aliphatic rings. The topological polar surface area (TPSA) is 64.3 Å². The Morgan fingerprint density at radius 2 is 2.40 bits per heavy atom. The zero-order valence-corrected chi connectivity index (χ0v) is 8.89. The zero-order valence-electron chi connectivity index (χ0n) is 8.89. The van der Waals surface area contributed by atoms with Gasteiger partial charge in [-0.2, -0.15) is 5.26 Å². The van der Waals surface area contributed by atoms with Crippen molar-refractivity contribution in [2.75, 3.05) is 0 Å². The van der Waals surface area contributed by atoms with Crippen LogP contribution in [-0.2, 0) is 4.79 Å². The van der Waals surface area contributed by atoms with Crippen LogP contribution >= 0.6 is 0 Å². The molecule has 0 amide bonds. The molecule has 2 rings (SSSR count). The lowest BCUT2D eigenvalue weighted by Gasteiger charge is -2.26. The molecule has 0 radical (unpaired) electrons. The molecule has 4 nitrogen and oxygen atoms in total. The first kappa shape index (κ1) is 10.4. The normalized spacial score (nSPS) is 36.4. The van der Waals surface area contributed by atoms with Gasteiger partial charge in [0.15, 0.2) is 0 Å². The molecule has 0 saturated carbocycles. The van der Waals surface area contributed by atoms with Gasteiger partial charge in [0.25, 0.3) is 0 Å². The van der Waals surface area contributed by atoms with E-state index in [1.54, 1.807) is 0 Å². The number of carboxylic acids is 1. The van der Waals surface area contributed by atoms with Gasteiger partial charge in [-0.1, -0.05) is 6.92 Å². The molecule has 2 saturated heterocycles. The molecule has 15 heavy (non-hydrogen) atoms. The SMILES string of the molecule is CCC(C#N)N1C2CCC1C(C(=O)O)C2. The minimum atomic E-state index is -0.694. The third-order valence-electron chi connectivity index (χ3n) is 3.80. The van der Waals surface area contributed by atoms with E-state index in [2.05, 4.69) is 11.0 Å². The number of hydrogen-bond acceptors (Lipinski definition) is 3. The van der Waals surface area contributed by atoms with Crippen LogP contribution in [-0.4, -0.2) is 34.1 Å². The first-order chi connectivity index (χ1) is 7.19. The minimum absolute atomic E-state index is 0.0909. The van der Waals surface area contributed by atoms with Crippen molar-refractivity contribution in [3.05, 3.63) is 0 Å². The number of carboxylic acid groups (broad SMARTS) is 1. The Hall–Kier alpha value is -1.08. The fraction of sp³-hybridized carbons (Fsp3) is 0.818. The highest BCUT2D eigenvalue weighted by molar-refractivity contribution is 5.71.